The third-order valence-corrected chi connectivity index (χ3v) is 4.27. The van der Waals surface area contributed by atoms with Crippen LogP contribution in [0.5, 0.6) is 5.75 Å². The number of likely N-dealkylation sites (N-methyl/N-ethyl adjacent to an activating group) is 1. The van der Waals surface area contributed by atoms with Gasteiger partial charge in [-0.3, -0.25) is 0 Å². The third kappa shape index (κ3) is 1.84. The van der Waals surface area contributed by atoms with Crippen molar-refractivity contribution in [3.63, 3.8) is 0 Å². The predicted molar refractivity (Wildman–Crippen MR) is 73.0 cm³/mol. The monoisotopic (exact) mass is 329 g/mol. The van der Waals surface area contributed by atoms with Crippen LogP contribution < -0.4 is 4.74 Å². The van der Waals surface area contributed by atoms with E-state index in [1.54, 1.807) is 0 Å². The molecule has 1 aromatic rings. The van der Waals surface area contributed by atoms with Gasteiger partial charge in [-0.25, -0.2) is 0 Å². The van der Waals surface area contributed by atoms with Crippen molar-refractivity contribution in [3.8, 4) is 5.75 Å². The van der Waals surface area contributed by atoms with Gasteiger partial charge < -0.3 is 9.64 Å². The number of hydrogen-bond acceptors (Lipinski definition) is 2. The molecule has 2 heterocycles. The Kier molecular flexibility index (Phi) is 2.63. The van der Waals surface area contributed by atoms with E-state index in [0.717, 1.165) is 18.7 Å². The molecular formula is C13H16INO. The molecular weight excluding hydrogens is 313 g/mol. The molecule has 1 aromatic carbocycles. The maximum Gasteiger partial charge on any atom is 0.126 e. The predicted octanol–water partition coefficient (Wildman–Crippen LogP) is 2.69. The highest BCUT2D eigenvalue weighted by atomic mass is 127. The molecule has 2 aliphatic heterocycles. The SMILES string of the molecule is CN1CCCC2(Cc3ccc(I)cc3O2)C1. The third-order valence-electron chi connectivity index (χ3n) is 3.60. The summed E-state index contributed by atoms with van der Waals surface area (Å²) in [5, 5.41) is 0. The minimum absolute atomic E-state index is 0.0692. The quantitative estimate of drug-likeness (QED) is 0.679. The molecule has 0 aliphatic carbocycles. The Morgan fingerprint density at radius 3 is 3.12 bits per heavy atom. The van der Waals surface area contributed by atoms with E-state index in [-0.39, 0.29) is 5.60 Å². The molecule has 0 N–H and O–H groups in total. The first kappa shape index (κ1) is 10.8. The zero-order chi connectivity index (χ0) is 11.2. The Bertz CT molecular complexity index is 420. The lowest BCUT2D eigenvalue weighted by Gasteiger charge is -2.37. The number of benzene rings is 1. The molecule has 3 rings (SSSR count). The van der Waals surface area contributed by atoms with Crippen LogP contribution >= 0.6 is 22.6 Å². The number of fused-ring (bicyclic) bond motifs is 1. The summed E-state index contributed by atoms with van der Waals surface area (Å²) in [5.74, 6) is 1.11. The fraction of sp³-hybridized carbons (Fsp3) is 0.538. The van der Waals surface area contributed by atoms with Gasteiger partial charge >= 0.3 is 0 Å². The molecule has 0 amide bonds. The number of halogens is 1. The minimum Gasteiger partial charge on any atom is -0.485 e. The number of piperidine rings is 1. The second-order valence-electron chi connectivity index (χ2n) is 5.06. The highest BCUT2D eigenvalue weighted by Crippen LogP contribution is 2.40. The largest absolute Gasteiger partial charge is 0.485 e. The van der Waals surface area contributed by atoms with Crippen molar-refractivity contribution < 1.29 is 4.74 Å². The van der Waals surface area contributed by atoms with Gasteiger partial charge in [-0.2, -0.15) is 0 Å². The molecule has 1 atom stereocenters. The van der Waals surface area contributed by atoms with Crippen molar-refractivity contribution in [1.29, 1.82) is 0 Å². The summed E-state index contributed by atoms with van der Waals surface area (Å²) in [7, 11) is 2.19. The number of likely N-dealkylation sites (tertiary alicyclic amines) is 1. The molecule has 0 saturated carbocycles. The lowest BCUT2D eigenvalue weighted by atomic mass is 9.89. The van der Waals surface area contributed by atoms with E-state index >= 15 is 0 Å². The molecule has 86 valence electrons. The van der Waals surface area contributed by atoms with Crippen LogP contribution in [0.4, 0.5) is 0 Å². The highest BCUT2D eigenvalue weighted by Gasteiger charge is 2.41. The van der Waals surface area contributed by atoms with Crippen LogP contribution in [0.2, 0.25) is 0 Å². The van der Waals surface area contributed by atoms with Crippen LogP contribution in [0, 0.1) is 3.57 Å². The van der Waals surface area contributed by atoms with E-state index in [2.05, 4.69) is 52.7 Å². The van der Waals surface area contributed by atoms with Crippen molar-refractivity contribution in [3.05, 3.63) is 27.3 Å². The molecule has 2 nitrogen and oxygen atoms in total. The zero-order valence-electron chi connectivity index (χ0n) is 9.50. The van der Waals surface area contributed by atoms with Crippen molar-refractivity contribution in [2.24, 2.45) is 0 Å². The highest BCUT2D eigenvalue weighted by molar-refractivity contribution is 14.1. The topological polar surface area (TPSA) is 12.5 Å². The molecule has 0 bridgehead atoms. The van der Waals surface area contributed by atoms with E-state index in [4.69, 9.17) is 4.74 Å². The molecule has 1 unspecified atom stereocenters. The summed E-state index contributed by atoms with van der Waals surface area (Å²) in [6, 6.07) is 6.56. The molecule has 1 saturated heterocycles. The first-order valence-corrected chi connectivity index (χ1v) is 6.91. The van der Waals surface area contributed by atoms with E-state index < -0.39 is 0 Å². The maximum absolute atomic E-state index is 6.24. The van der Waals surface area contributed by atoms with Gasteiger partial charge in [0.2, 0.25) is 0 Å². The molecule has 1 fully saturated rings. The van der Waals surface area contributed by atoms with Crippen molar-refractivity contribution >= 4 is 22.6 Å². The number of hydrogen-bond donors (Lipinski definition) is 0. The van der Waals surface area contributed by atoms with E-state index in [9.17, 15) is 0 Å². The van der Waals surface area contributed by atoms with Gasteiger partial charge in [0.1, 0.15) is 11.4 Å². The maximum atomic E-state index is 6.24. The van der Waals surface area contributed by atoms with Gasteiger partial charge in [0, 0.05) is 16.5 Å². The lowest BCUT2D eigenvalue weighted by molar-refractivity contribution is 0.0183. The Morgan fingerprint density at radius 2 is 2.31 bits per heavy atom. The Hall–Kier alpha value is -0.290. The zero-order valence-corrected chi connectivity index (χ0v) is 11.7. The van der Waals surface area contributed by atoms with Crippen LogP contribution in [0.25, 0.3) is 0 Å². The van der Waals surface area contributed by atoms with Gasteiger partial charge in [0.25, 0.3) is 0 Å². The molecule has 1 spiro atoms. The van der Waals surface area contributed by atoms with Gasteiger partial charge in [-0.15, -0.1) is 0 Å². The van der Waals surface area contributed by atoms with Crippen molar-refractivity contribution in [2.75, 3.05) is 20.1 Å². The molecule has 0 aromatic heterocycles. The van der Waals surface area contributed by atoms with Gasteiger partial charge in [0.05, 0.1) is 0 Å². The fourth-order valence-electron chi connectivity index (χ4n) is 2.93. The van der Waals surface area contributed by atoms with Crippen LogP contribution in [-0.2, 0) is 6.42 Å². The van der Waals surface area contributed by atoms with Crippen LogP contribution in [0.1, 0.15) is 18.4 Å². The Balaban J connectivity index is 1.88. The molecule has 3 heteroatoms. The van der Waals surface area contributed by atoms with Gasteiger partial charge in [0.15, 0.2) is 0 Å². The summed E-state index contributed by atoms with van der Waals surface area (Å²) in [6.45, 7) is 2.28. The summed E-state index contributed by atoms with van der Waals surface area (Å²) in [4.78, 5) is 2.39. The summed E-state index contributed by atoms with van der Waals surface area (Å²) >= 11 is 2.35. The number of nitrogens with zero attached hydrogens (tertiary/aromatic N) is 1. The van der Waals surface area contributed by atoms with E-state index in [1.807, 2.05) is 0 Å². The Labute approximate surface area is 110 Å². The van der Waals surface area contributed by atoms with E-state index in [1.165, 1.54) is 28.5 Å². The number of ether oxygens (including phenoxy) is 1. The fourth-order valence-corrected chi connectivity index (χ4v) is 3.40. The lowest BCUT2D eigenvalue weighted by Crippen LogP contribution is -2.49. The average Bonchev–Trinajstić information content (AvgIpc) is 2.54. The standard InChI is InChI=1S/C13H16INO/c1-15-6-2-5-13(9-15)8-10-3-4-11(14)7-12(10)16-13/h3-4,7H,2,5-6,8-9H2,1H3. The van der Waals surface area contributed by atoms with Crippen LogP contribution in [0.3, 0.4) is 0 Å². The van der Waals surface area contributed by atoms with Crippen LogP contribution in [0.15, 0.2) is 18.2 Å². The van der Waals surface area contributed by atoms with E-state index in [0.29, 0.717) is 0 Å². The second kappa shape index (κ2) is 3.88. The van der Waals surface area contributed by atoms with Gasteiger partial charge in [-0.05, 0) is 66.7 Å². The summed E-state index contributed by atoms with van der Waals surface area (Å²) in [6.07, 6.45) is 3.54. The molecule has 2 aliphatic rings. The second-order valence-corrected chi connectivity index (χ2v) is 6.30. The minimum atomic E-state index is 0.0692. The Morgan fingerprint density at radius 1 is 1.44 bits per heavy atom. The molecule has 16 heavy (non-hydrogen) atoms. The molecule has 0 radical (unpaired) electrons. The number of rotatable bonds is 0. The first-order chi connectivity index (χ1) is 7.67. The van der Waals surface area contributed by atoms with Crippen molar-refractivity contribution in [1.82, 2.24) is 4.90 Å². The smallest absolute Gasteiger partial charge is 0.126 e. The summed E-state index contributed by atoms with van der Waals surface area (Å²) in [5.41, 5.74) is 1.45. The average molecular weight is 329 g/mol. The van der Waals surface area contributed by atoms with Gasteiger partial charge in [-0.1, -0.05) is 6.07 Å². The van der Waals surface area contributed by atoms with Crippen molar-refractivity contribution in [2.45, 2.75) is 24.9 Å². The first-order valence-electron chi connectivity index (χ1n) is 5.83. The normalized spacial score (nSPS) is 29.1. The van der Waals surface area contributed by atoms with Crippen LogP contribution in [-0.4, -0.2) is 30.6 Å². The summed E-state index contributed by atoms with van der Waals surface area (Å²) < 4.78 is 7.50.